The van der Waals surface area contributed by atoms with Crippen molar-refractivity contribution in [2.24, 2.45) is 11.8 Å². The van der Waals surface area contributed by atoms with Gasteiger partial charge in [0.25, 0.3) is 0 Å². The Labute approximate surface area is 172 Å². The summed E-state index contributed by atoms with van der Waals surface area (Å²) in [5.41, 5.74) is 0.0726. The molecule has 0 bridgehead atoms. The molecule has 0 amide bonds. The fraction of sp³-hybridized carbons (Fsp3) is 0.417. The van der Waals surface area contributed by atoms with Gasteiger partial charge >= 0.3 is 5.97 Å². The fourth-order valence-corrected chi connectivity index (χ4v) is 3.24. The minimum absolute atomic E-state index is 0.0616. The second-order valence-corrected chi connectivity index (χ2v) is 7.82. The molecule has 3 N–H and O–H groups in total. The van der Waals surface area contributed by atoms with Crippen molar-refractivity contribution in [3.63, 3.8) is 0 Å². The second-order valence-electron chi connectivity index (χ2n) is 7.82. The molecule has 4 rings (SSSR count). The van der Waals surface area contributed by atoms with Crippen LogP contribution in [0.25, 0.3) is 0 Å². The standard InChI is InChI=1S/C14H10O4.C6H10.C4H11N/c15-12-8-4-3-7-11(12)13(16)9-5-1-2-6-10(9)14(17)18;1-2-6-4-3-5(1)6;1-4(2)5-3/h1-8,15H,(H,17,18);5-6H,1-4H2;4-5H,1-3H3. The number of para-hydroxylation sites is 1. The Kier molecular flexibility index (Phi) is 8.40. The van der Waals surface area contributed by atoms with Gasteiger partial charge in [0.2, 0.25) is 0 Å². The number of fused-ring (bicyclic) bond motifs is 1. The molecule has 0 spiro atoms. The molecule has 2 saturated carbocycles. The van der Waals surface area contributed by atoms with Crippen LogP contribution in [-0.2, 0) is 0 Å². The second kappa shape index (κ2) is 10.8. The van der Waals surface area contributed by atoms with Crippen LogP contribution in [0.1, 0.15) is 65.8 Å². The summed E-state index contributed by atoms with van der Waals surface area (Å²) in [6.45, 7) is 4.22. The number of hydrogen-bond acceptors (Lipinski definition) is 4. The van der Waals surface area contributed by atoms with E-state index in [-0.39, 0.29) is 22.4 Å². The number of phenols is 1. The molecule has 156 valence electrons. The summed E-state index contributed by atoms with van der Waals surface area (Å²) in [7, 11) is 1.95. The summed E-state index contributed by atoms with van der Waals surface area (Å²) in [5, 5.41) is 21.6. The van der Waals surface area contributed by atoms with Crippen LogP contribution in [0.5, 0.6) is 5.75 Å². The van der Waals surface area contributed by atoms with Gasteiger partial charge in [-0.3, -0.25) is 4.79 Å². The largest absolute Gasteiger partial charge is 0.507 e. The first-order chi connectivity index (χ1) is 13.8. The number of hydrogen-bond donors (Lipinski definition) is 3. The monoisotopic (exact) mass is 397 g/mol. The van der Waals surface area contributed by atoms with E-state index in [1.54, 1.807) is 49.9 Å². The third-order valence-electron chi connectivity index (χ3n) is 5.61. The Morgan fingerprint density at radius 2 is 1.28 bits per heavy atom. The number of nitrogens with one attached hydrogen (secondary N) is 1. The molecular formula is C24H31NO4. The number of phenolic OH excluding ortho intramolecular Hbond substituents is 1. The normalized spacial score (nSPS) is 18.6. The SMILES string of the molecule is C1CC2CCC12.CNC(C)C.O=C(O)c1ccccc1C(=O)c1ccccc1O. The predicted molar refractivity (Wildman–Crippen MR) is 115 cm³/mol. The lowest BCUT2D eigenvalue weighted by Gasteiger charge is -2.46. The highest BCUT2D eigenvalue weighted by Crippen LogP contribution is 2.49. The summed E-state index contributed by atoms with van der Waals surface area (Å²) >= 11 is 0. The van der Waals surface area contributed by atoms with Crippen LogP contribution in [0.15, 0.2) is 48.5 Å². The van der Waals surface area contributed by atoms with Crippen molar-refractivity contribution in [3.05, 3.63) is 65.2 Å². The third-order valence-corrected chi connectivity index (χ3v) is 5.61. The minimum Gasteiger partial charge on any atom is -0.507 e. The van der Waals surface area contributed by atoms with E-state index in [2.05, 4.69) is 19.2 Å². The maximum atomic E-state index is 12.2. The van der Waals surface area contributed by atoms with Crippen molar-refractivity contribution >= 4 is 11.8 Å². The zero-order valence-corrected chi connectivity index (χ0v) is 17.4. The summed E-state index contributed by atoms with van der Waals surface area (Å²) in [6.07, 6.45) is 6.24. The van der Waals surface area contributed by atoms with E-state index in [4.69, 9.17) is 5.11 Å². The summed E-state index contributed by atoms with van der Waals surface area (Å²) in [5.74, 6) is 0.582. The molecule has 0 saturated heterocycles. The highest BCUT2D eigenvalue weighted by atomic mass is 16.4. The third kappa shape index (κ3) is 6.16. The van der Waals surface area contributed by atoms with E-state index < -0.39 is 11.8 Å². The van der Waals surface area contributed by atoms with Gasteiger partial charge in [-0.2, -0.15) is 0 Å². The number of rotatable bonds is 4. The molecule has 2 aliphatic rings. The van der Waals surface area contributed by atoms with Gasteiger partial charge in [0.05, 0.1) is 11.1 Å². The van der Waals surface area contributed by atoms with Crippen molar-refractivity contribution in [3.8, 4) is 5.75 Å². The molecule has 5 heteroatoms. The lowest BCUT2D eigenvalue weighted by molar-refractivity contribution is 0.0548. The summed E-state index contributed by atoms with van der Waals surface area (Å²) in [6, 6.07) is 12.6. The lowest BCUT2D eigenvalue weighted by atomic mass is 9.60. The Morgan fingerprint density at radius 1 is 0.862 bits per heavy atom. The van der Waals surface area contributed by atoms with Gasteiger partial charge in [-0.1, -0.05) is 44.2 Å². The fourth-order valence-electron chi connectivity index (χ4n) is 3.24. The van der Waals surface area contributed by atoms with Crippen molar-refractivity contribution < 1.29 is 19.8 Å². The molecule has 2 aliphatic carbocycles. The number of carboxylic acid groups (broad SMARTS) is 1. The first-order valence-electron chi connectivity index (χ1n) is 10.2. The number of aromatic hydroxyl groups is 1. The molecule has 29 heavy (non-hydrogen) atoms. The molecule has 0 heterocycles. The van der Waals surface area contributed by atoms with E-state index in [0.717, 1.165) is 0 Å². The average Bonchev–Trinajstić information content (AvgIpc) is 2.71. The van der Waals surface area contributed by atoms with Crippen LogP contribution in [0, 0.1) is 11.8 Å². The van der Waals surface area contributed by atoms with Crippen LogP contribution >= 0.6 is 0 Å². The van der Waals surface area contributed by atoms with E-state index >= 15 is 0 Å². The van der Waals surface area contributed by atoms with Gasteiger partial charge in [-0.25, -0.2) is 4.79 Å². The van der Waals surface area contributed by atoms with Crippen LogP contribution in [0.3, 0.4) is 0 Å². The van der Waals surface area contributed by atoms with Gasteiger partial charge in [-0.15, -0.1) is 0 Å². The molecule has 0 atom stereocenters. The lowest BCUT2D eigenvalue weighted by Crippen LogP contribution is -2.34. The van der Waals surface area contributed by atoms with Gasteiger partial charge < -0.3 is 15.5 Å². The minimum atomic E-state index is -1.17. The first-order valence-corrected chi connectivity index (χ1v) is 10.2. The Balaban J connectivity index is 0.000000220. The Bertz CT molecular complexity index is 813. The quantitative estimate of drug-likeness (QED) is 0.649. The van der Waals surface area contributed by atoms with Crippen molar-refractivity contribution in [2.45, 2.75) is 45.6 Å². The van der Waals surface area contributed by atoms with Crippen molar-refractivity contribution in [1.82, 2.24) is 5.32 Å². The number of carbonyl (C=O) groups is 2. The Hall–Kier alpha value is -2.66. The Morgan fingerprint density at radius 3 is 1.62 bits per heavy atom. The molecule has 0 aliphatic heterocycles. The van der Waals surface area contributed by atoms with Crippen molar-refractivity contribution in [2.75, 3.05) is 7.05 Å². The number of benzene rings is 2. The number of carbonyl (C=O) groups excluding carboxylic acids is 1. The van der Waals surface area contributed by atoms with Crippen LogP contribution < -0.4 is 5.32 Å². The molecule has 0 aromatic heterocycles. The highest BCUT2D eigenvalue weighted by Gasteiger charge is 2.37. The molecule has 2 aromatic carbocycles. The van der Waals surface area contributed by atoms with E-state index in [0.29, 0.717) is 6.04 Å². The molecule has 2 fully saturated rings. The van der Waals surface area contributed by atoms with E-state index in [1.807, 2.05) is 7.05 Å². The molecule has 5 nitrogen and oxygen atoms in total. The van der Waals surface area contributed by atoms with Crippen LogP contribution in [0.4, 0.5) is 0 Å². The summed E-state index contributed by atoms with van der Waals surface area (Å²) in [4.78, 5) is 23.2. The highest BCUT2D eigenvalue weighted by molar-refractivity contribution is 6.15. The van der Waals surface area contributed by atoms with Crippen LogP contribution in [0.2, 0.25) is 0 Å². The smallest absolute Gasteiger partial charge is 0.336 e. The predicted octanol–water partition coefficient (Wildman–Crippen LogP) is 4.74. The zero-order chi connectivity index (χ0) is 21.4. The number of aromatic carboxylic acids is 1. The van der Waals surface area contributed by atoms with Crippen molar-refractivity contribution in [1.29, 1.82) is 0 Å². The van der Waals surface area contributed by atoms with Gasteiger partial charge in [0.1, 0.15) is 5.75 Å². The van der Waals surface area contributed by atoms with E-state index in [9.17, 15) is 14.7 Å². The number of ketones is 1. The topological polar surface area (TPSA) is 86.6 Å². The first kappa shape index (κ1) is 22.6. The van der Waals surface area contributed by atoms with E-state index in [1.165, 1.54) is 36.1 Å². The molecule has 2 aromatic rings. The van der Waals surface area contributed by atoms with Gasteiger partial charge in [0, 0.05) is 11.6 Å². The maximum Gasteiger partial charge on any atom is 0.336 e. The zero-order valence-electron chi connectivity index (χ0n) is 17.4. The molecule has 0 unspecified atom stereocenters. The van der Waals surface area contributed by atoms with Crippen LogP contribution in [-0.4, -0.2) is 35.1 Å². The number of carboxylic acids is 1. The van der Waals surface area contributed by atoms with Gasteiger partial charge in [-0.05, 0) is 62.8 Å². The maximum absolute atomic E-state index is 12.2. The molecular weight excluding hydrogens is 366 g/mol. The van der Waals surface area contributed by atoms with Gasteiger partial charge in [0.15, 0.2) is 5.78 Å². The molecule has 0 radical (unpaired) electrons. The summed E-state index contributed by atoms with van der Waals surface area (Å²) < 4.78 is 0. The average molecular weight is 398 g/mol.